The Morgan fingerprint density at radius 2 is 1.83 bits per heavy atom. The van der Waals surface area contributed by atoms with Gasteiger partial charge in [0.1, 0.15) is 22.8 Å². The Kier molecular flexibility index (Phi) is 11.6. The molecule has 0 aliphatic carbocycles. The van der Waals surface area contributed by atoms with Gasteiger partial charge in [0.05, 0.1) is 21.7 Å². The number of rotatable bonds is 14. The van der Waals surface area contributed by atoms with Crippen LogP contribution in [0.1, 0.15) is 23.0 Å². The van der Waals surface area contributed by atoms with Crippen molar-refractivity contribution >= 4 is 85.0 Å². The first-order valence-electron chi connectivity index (χ1n) is 17.0. The van der Waals surface area contributed by atoms with Gasteiger partial charge < -0.3 is 46.2 Å². The van der Waals surface area contributed by atoms with Crippen LogP contribution in [0.4, 0.5) is 5.13 Å². The van der Waals surface area contributed by atoms with Crippen LogP contribution < -0.4 is 16.6 Å². The van der Waals surface area contributed by atoms with Crippen LogP contribution in [0.25, 0.3) is 0 Å². The first-order valence-corrected chi connectivity index (χ1v) is 21.6. The van der Waals surface area contributed by atoms with Crippen LogP contribution in [0, 0.1) is 0 Å². The topological polar surface area (TPSA) is 319 Å². The number of anilines is 1. The molecule has 1 aromatic heterocycles. The molecule has 3 aromatic rings. The molecule has 60 heavy (non-hydrogen) atoms. The molecule has 9 N–H and O–H groups in total. The highest BCUT2D eigenvalue weighted by Gasteiger charge is 2.54. The molecule has 0 unspecified atom stereocenters. The van der Waals surface area contributed by atoms with E-state index in [1.807, 2.05) is 0 Å². The number of ether oxygens (including phenoxy) is 1. The molecule has 2 atom stereocenters. The molecule has 0 bridgehead atoms. The smallest absolute Gasteiger partial charge is 0.352 e. The molecule has 0 radical (unpaired) electrons. The number of thiazole rings is 1. The van der Waals surface area contributed by atoms with E-state index in [1.54, 1.807) is 24.2 Å². The Bertz CT molecular complexity index is 2590. The van der Waals surface area contributed by atoms with Gasteiger partial charge in [0.2, 0.25) is 15.8 Å². The molecule has 26 heteroatoms. The molecule has 314 valence electrons. The van der Waals surface area contributed by atoms with Gasteiger partial charge in [0.25, 0.3) is 11.8 Å². The quantitative estimate of drug-likeness (QED) is 0.0370. The van der Waals surface area contributed by atoms with Gasteiger partial charge in [-0.2, -0.15) is 0 Å². The van der Waals surface area contributed by atoms with E-state index in [-0.39, 0.29) is 40.3 Å². The lowest BCUT2D eigenvalue weighted by Crippen LogP contribution is -2.71. The number of sulfone groups is 1. The summed E-state index contributed by atoms with van der Waals surface area (Å²) in [6.45, 7) is 1.48. The van der Waals surface area contributed by atoms with Gasteiger partial charge in [-0.25, -0.2) is 33.0 Å². The van der Waals surface area contributed by atoms with E-state index in [9.17, 15) is 53.1 Å². The summed E-state index contributed by atoms with van der Waals surface area (Å²) in [5.41, 5.74) is 8.93. The number of oxime groups is 1. The second kappa shape index (κ2) is 16.6. The minimum absolute atomic E-state index is 0.0104. The number of nitrogens with two attached hydrogens (primary N) is 1. The van der Waals surface area contributed by atoms with Crippen LogP contribution in [0.2, 0.25) is 0 Å². The summed E-state index contributed by atoms with van der Waals surface area (Å²) in [7, 11) is -4.25. The van der Waals surface area contributed by atoms with Gasteiger partial charge in [-0.1, -0.05) is 5.16 Å². The van der Waals surface area contributed by atoms with Crippen LogP contribution >= 0.6 is 34.9 Å². The Hall–Kier alpha value is -6.48. The normalized spacial score (nSPS) is 18.8. The number of thioether (sulfide) groups is 2. The number of amides is 2. The second-order valence-corrected chi connectivity index (χ2v) is 17.7. The fraction of sp³-hybridized carbons (Fsp3) is 0.206. The van der Waals surface area contributed by atoms with Gasteiger partial charge in [-0.15, -0.1) is 40.4 Å². The molecular formula is C34H31N9O13S4. The van der Waals surface area contributed by atoms with Crippen molar-refractivity contribution in [3.05, 3.63) is 87.4 Å². The Morgan fingerprint density at radius 1 is 1.10 bits per heavy atom. The SMILES string of the molecule is CC1=NC2=CN(COC(=O)c3ccc(O)c(O)c3)NN2C(SCC2=C(C(=O)O)N3C(=O)[C@@H](NC(=O)C(=NOCS(=O)(=O)c4ccc(O)c(O)c4)c4csc(N)n4)[C@H]3SC2)=C1. The number of carboxylic acids is 1. The van der Waals surface area contributed by atoms with Crippen LogP contribution in [-0.4, -0.2) is 125 Å². The highest BCUT2D eigenvalue weighted by Crippen LogP contribution is 2.42. The molecule has 1 fully saturated rings. The molecule has 0 spiro atoms. The first kappa shape index (κ1) is 41.7. The molecule has 22 nitrogen and oxygen atoms in total. The number of allylic oxidation sites excluding steroid dienone is 1. The van der Waals surface area contributed by atoms with Crippen LogP contribution in [0.15, 0.2) is 91.2 Å². The number of phenolic OH excluding ortho intramolecular Hbond substituents is 4. The van der Waals surface area contributed by atoms with Crippen molar-refractivity contribution in [1.82, 2.24) is 30.8 Å². The van der Waals surface area contributed by atoms with Crippen LogP contribution in [0.5, 0.6) is 23.0 Å². The molecular weight excluding hydrogens is 871 g/mol. The van der Waals surface area contributed by atoms with E-state index >= 15 is 0 Å². The van der Waals surface area contributed by atoms with E-state index in [2.05, 4.69) is 26.0 Å². The fourth-order valence-electron chi connectivity index (χ4n) is 5.83. The summed E-state index contributed by atoms with van der Waals surface area (Å²) in [5.74, 6) is -6.33. The summed E-state index contributed by atoms with van der Waals surface area (Å²) in [6, 6.07) is 5.10. The highest BCUT2D eigenvalue weighted by atomic mass is 32.2. The summed E-state index contributed by atoms with van der Waals surface area (Å²) < 4.78 is 30.9. The lowest BCUT2D eigenvalue weighted by molar-refractivity contribution is -0.150. The monoisotopic (exact) mass is 901 g/mol. The third-order valence-electron chi connectivity index (χ3n) is 8.70. The van der Waals surface area contributed by atoms with Crippen molar-refractivity contribution in [3.63, 3.8) is 0 Å². The van der Waals surface area contributed by atoms with Gasteiger partial charge in [0.15, 0.2) is 46.4 Å². The number of nitrogen functional groups attached to an aromatic ring is 1. The van der Waals surface area contributed by atoms with Gasteiger partial charge in [-0.3, -0.25) is 19.5 Å². The average molecular weight is 902 g/mol. The molecule has 1 saturated heterocycles. The second-order valence-electron chi connectivity index (χ2n) is 12.8. The number of aromatic nitrogens is 1. The van der Waals surface area contributed by atoms with Gasteiger partial charge in [-0.05, 0) is 48.9 Å². The Morgan fingerprint density at radius 3 is 2.52 bits per heavy atom. The van der Waals surface area contributed by atoms with Crippen molar-refractivity contribution in [2.75, 3.05) is 29.9 Å². The maximum absolute atomic E-state index is 13.5. The zero-order valence-corrected chi connectivity index (χ0v) is 33.8. The number of nitrogens with one attached hydrogen (secondary N) is 2. The van der Waals surface area contributed by atoms with Crippen molar-refractivity contribution < 1.29 is 62.7 Å². The number of aromatic hydroxyl groups is 4. The van der Waals surface area contributed by atoms with Gasteiger partial charge >= 0.3 is 11.9 Å². The summed E-state index contributed by atoms with van der Waals surface area (Å²) >= 11 is 3.40. The van der Waals surface area contributed by atoms with E-state index in [1.165, 1.54) is 40.0 Å². The number of aliphatic imine (C=N–C) groups is 1. The van der Waals surface area contributed by atoms with Crippen molar-refractivity contribution in [3.8, 4) is 23.0 Å². The number of nitrogens with zero attached hydrogens (tertiary/aromatic N) is 6. The number of carbonyl (C=O) groups excluding carboxylic acids is 3. The maximum Gasteiger partial charge on any atom is 0.352 e. The molecule has 5 heterocycles. The van der Waals surface area contributed by atoms with E-state index < -0.39 is 84.6 Å². The predicted molar refractivity (Wildman–Crippen MR) is 214 cm³/mol. The molecule has 0 saturated carbocycles. The van der Waals surface area contributed by atoms with Crippen molar-refractivity contribution in [1.29, 1.82) is 0 Å². The van der Waals surface area contributed by atoms with E-state index in [0.29, 0.717) is 22.1 Å². The third-order valence-corrected chi connectivity index (χ3v) is 13.2. The van der Waals surface area contributed by atoms with Crippen molar-refractivity contribution in [2.45, 2.75) is 23.2 Å². The zero-order chi connectivity index (χ0) is 43.0. The molecule has 7 rings (SSSR count). The summed E-state index contributed by atoms with van der Waals surface area (Å²) in [6.07, 6.45) is 3.32. The van der Waals surface area contributed by atoms with Gasteiger partial charge in [0, 0.05) is 28.7 Å². The van der Waals surface area contributed by atoms with E-state index in [4.69, 9.17) is 15.3 Å². The number of carbonyl (C=O) groups is 4. The average Bonchev–Trinajstić information content (AvgIpc) is 3.83. The lowest BCUT2D eigenvalue weighted by Gasteiger charge is -2.49. The molecule has 2 aromatic carbocycles. The van der Waals surface area contributed by atoms with E-state index in [0.717, 1.165) is 46.6 Å². The minimum Gasteiger partial charge on any atom is -0.504 e. The number of carboxylic acid groups (broad SMARTS) is 1. The maximum atomic E-state index is 13.5. The largest absolute Gasteiger partial charge is 0.504 e. The lowest BCUT2D eigenvalue weighted by atomic mass is 10.0. The number of hydrazine groups is 2. The standard InChI is InChI=1S/C34H31N9O13S4/c1-15-6-25(43-24(36-15)9-41(40-43)13-55-33(52)16-2-4-20(44)22(46)7-16)57-10-17-11-58-31-27(30(49)42(31)28(17)32(50)51)38-29(48)26(19-12-59-34(35)37-19)39-56-14-60(53,54)18-3-5-21(45)23(47)8-18/h2-9,12,27,31,40,44-47H,10-11,13-14H2,1H3,(H2,35,37)(H,38,48)(H,50,51)/t27-,31-/m1/s1. The first-order chi connectivity index (χ1) is 28.5. The Labute approximate surface area is 350 Å². The number of benzene rings is 2. The fourth-order valence-corrected chi connectivity index (χ4v) is 9.82. The molecule has 2 amide bonds. The third kappa shape index (κ3) is 8.48. The zero-order valence-electron chi connectivity index (χ0n) is 30.6. The molecule has 4 aliphatic rings. The number of fused-ring (bicyclic) bond motifs is 2. The minimum atomic E-state index is -4.25. The predicted octanol–water partition coefficient (Wildman–Crippen LogP) is 1.14. The number of aliphatic carboxylic acids is 1. The number of phenols is 4. The molecule has 4 aliphatic heterocycles. The summed E-state index contributed by atoms with van der Waals surface area (Å²) in [4.78, 5) is 66.4. The number of hydrogen-bond acceptors (Lipinski definition) is 22. The van der Waals surface area contributed by atoms with Crippen LogP contribution in [0.3, 0.4) is 0 Å². The number of hydrogen-bond donors (Lipinski definition) is 8. The number of esters is 1. The number of β-lactam (4-membered cyclic amide) rings is 1. The Balaban J connectivity index is 0.994. The highest BCUT2D eigenvalue weighted by molar-refractivity contribution is 8.03. The van der Waals surface area contributed by atoms with Crippen LogP contribution in [-0.2, 0) is 33.8 Å². The van der Waals surface area contributed by atoms with Crippen molar-refractivity contribution in [2.24, 2.45) is 10.1 Å². The summed E-state index contributed by atoms with van der Waals surface area (Å²) in [5, 5.41) is 59.1.